The lowest BCUT2D eigenvalue weighted by atomic mass is 10.1. The quantitative estimate of drug-likeness (QED) is 0.753. The maximum absolute atomic E-state index is 5.63. The maximum Gasteiger partial charge on any atom is 0.230 e. The van der Waals surface area contributed by atoms with E-state index in [1.807, 2.05) is 18.2 Å². The van der Waals surface area contributed by atoms with E-state index in [0.717, 1.165) is 12.0 Å². The van der Waals surface area contributed by atoms with Crippen LogP contribution in [0.3, 0.4) is 0 Å². The standard InChI is InChI=1S/C14H17BrN2O3/c1-4-10(15)14-17-16-13(20-14)8-9-5-6-11(18-2)12(7-9)19-3/h5-7,10H,4,8H2,1-3H3. The topological polar surface area (TPSA) is 57.4 Å². The second-order valence-electron chi connectivity index (χ2n) is 4.28. The van der Waals surface area contributed by atoms with Gasteiger partial charge in [-0.2, -0.15) is 0 Å². The second kappa shape index (κ2) is 6.74. The number of halogens is 1. The molecule has 6 heteroatoms. The van der Waals surface area contributed by atoms with E-state index in [9.17, 15) is 0 Å². The van der Waals surface area contributed by atoms with E-state index in [2.05, 4.69) is 33.1 Å². The SMILES string of the molecule is CCC(Br)c1nnc(Cc2ccc(OC)c(OC)c2)o1. The van der Waals surface area contributed by atoms with Crippen molar-refractivity contribution in [2.75, 3.05) is 14.2 Å². The maximum atomic E-state index is 5.63. The Morgan fingerprint density at radius 1 is 1.20 bits per heavy atom. The molecule has 0 fully saturated rings. The van der Waals surface area contributed by atoms with Crippen LogP contribution in [0.5, 0.6) is 11.5 Å². The third-order valence-corrected chi connectivity index (χ3v) is 3.95. The van der Waals surface area contributed by atoms with Crippen molar-refractivity contribution in [3.05, 3.63) is 35.5 Å². The molecule has 2 rings (SSSR count). The number of ether oxygens (including phenoxy) is 2. The Balaban J connectivity index is 2.15. The molecule has 0 bridgehead atoms. The molecule has 1 atom stereocenters. The molecule has 0 amide bonds. The predicted molar refractivity (Wildman–Crippen MR) is 78.6 cm³/mol. The summed E-state index contributed by atoms with van der Waals surface area (Å²) in [6, 6.07) is 5.73. The van der Waals surface area contributed by atoms with Crippen LogP contribution in [0.25, 0.3) is 0 Å². The molecule has 108 valence electrons. The smallest absolute Gasteiger partial charge is 0.230 e. The van der Waals surface area contributed by atoms with E-state index in [-0.39, 0.29) is 4.83 Å². The molecule has 0 aliphatic heterocycles. The van der Waals surface area contributed by atoms with Crippen molar-refractivity contribution in [2.24, 2.45) is 0 Å². The lowest BCUT2D eigenvalue weighted by Crippen LogP contribution is -1.94. The lowest BCUT2D eigenvalue weighted by Gasteiger charge is -2.08. The minimum atomic E-state index is 0.106. The Labute approximate surface area is 126 Å². The first-order chi connectivity index (χ1) is 9.67. The third-order valence-electron chi connectivity index (χ3n) is 2.91. The first-order valence-electron chi connectivity index (χ1n) is 6.35. The number of nitrogens with zero attached hydrogens (tertiary/aromatic N) is 2. The number of methoxy groups -OCH3 is 2. The molecule has 20 heavy (non-hydrogen) atoms. The molecular weight excluding hydrogens is 324 g/mol. The zero-order valence-corrected chi connectivity index (χ0v) is 13.3. The van der Waals surface area contributed by atoms with Crippen molar-refractivity contribution in [2.45, 2.75) is 24.6 Å². The van der Waals surface area contributed by atoms with Crippen molar-refractivity contribution >= 4 is 15.9 Å². The Hall–Kier alpha value is -1.56. The van der Waals surface area contributed by atoms with E-state index in [1.165, 1.54) is 0 Å². The predicted octanol–water partition coefficient (Wildman–Crippen LogP) is 3.52. The van der Waals surface area contributed by atoms with Crippen LogP contribution in [0.4, 0.5) is 0 Å². The Kier molecular flexibility index (Phi) is 5.00. The molecule has 1 unspecified atom stereocenters. The van der Waals surface area contributed by atoms with Gasteiger partial charge in [0.25, 0.3) is 0 Å². The highest BCUT2D eigenvalue weighted by atomic mass is 79.9. The van der Waals surface area contributed by atoms with Gasteiger partial charge >= 0.3 is 0 Å². The van der Waals surface area contributed by atoms with Gasteiger partial charge < -0.3 is 13.9 Å². The molecule has 2 aromatic rings. The number of alkyl halides is 1. The second-order valence-corrected chi connectivity index (χ2v) is 5.38. The molecule has 0 aliphatic carbocycles. The summed E-state index contributed by atoms with van der Waals surface area (Å²) >= 11 is 3.49. The van der Waals surface area contributed by atoms with Gasteiger partial charge in [0.1, 0.15) is 0 Å². The van der Waals surface area contributed by atoms with E-state index in [0.29, 0.717) is 29.7 Å². The number of hydrogen-bond donors (Lipinski definition) is 0. The minimum absolute atomic E-state index is 0.106. The molecule has 0 saturated heterocycles. The summed E-state index contributed by atoms with van der Waals surface area (Å²) in [6.45, 7) is 2.05. The van der Waals surface area contributed by atoms with Crippen molar-refractivity contribution in [3.8, 4) is 11.5 Å². The van der Waals surface area contributed by atoms with Gasteiger partial charge in [-0.3, -0.25) is 0 Å². The Bertz CT molecular complexity index is 571. The fourth-order valence-electron chi connectivity index (χ4n) is 1.80. The minimum Gasteiger partial charge on any atom is -0.493 e. The largest absolute Gasteiger partial charge is 0.493 e. The van der Waals surface area contributed by atoms with Gasteiger partial charge in [-0.05, 0) is 24.1 Å². The molecule has 1 heterocycles. The Morgan fingerprint density at radius 2 is 1.95 bits per heavy atom. The summed E-state index contributed by atoms with van der Waals surface area (Å²) < 4.78 is 16.1. The summed E-state index contributed by atoms with van der Waals surface area (Å²) in [5.41, 5.74) is 1.03. The molecule has 1 aromatic heterocycles. The highest BCUT2D eigenvalue weighted by molar-refractivity contribution is 9.09. The van der Waals surface area contributed by atoms with Gasteiger partial charge in [0.15, 0.2) is 11.5 Å². The molecule has 5 nitrogen and oxygen atoms in total. The molecular formula is C14H17BrN2O3. The average Bonchev–Trinajstić information content (AvgIpc) is 2.94. The van der Waals surface area contributed by atoms with Crippen LogP contribution >= 0.6 is 15.9 Å². The van der Waals surface area contributed by atoms with Gasteiger partial charge in [0, 0.05) is 0 Å². The van der Waals surface area contributed by atoms with Gasteiger partial charge in [-0.1, -0.05) is 28.9 Å². The molecule has 0 radical (unpaired) electrons. The highest BCUT2D eigenvalue weighted by Crippen LogP contribution is 2.29. The number of rotatable bonds is 6. The van der Waals surface area contributed by atoms with Crippen LogP contribution in [-0.2, 0) is 6.42 Å². The van der Waals surface area contributed by atoms with Crippen molar-refractivity contribution in [3.63, 3.8) is 0 Å². The molecule has 0 saturated carbocycles. The number of benzene rings is 1. The molecule has 0 aliphatic rings. The van der Waals surface area contributed by atoms with E-state index < -0.39 is 0 Å². The van der Waals surface area contributed by atoms with Crippen LogP contribution in [0, 0.1) is 0 Å². The molecule has 1 aromatic carbocycles. The number of hydrogen-bond acceptors (Lipinski definition) is 5. The summed E-state index contributed by atoms with van der Waals surface area (Å²) in [6.07, 6.45) is 1.47. The van der Waals surface area contributed by atoms with Crippen molar-refractivity contribution in [1.82, 2.24) is 10.2 Å². The van der Waals surface area contributed by atoms with Gasteiger partial charge in [-0.25, -0.2) is 0 Å². The third kappa shape index (κ3) is 3.30. The zero-order chi connectivity index (χ0) is 14.5. The molecule has 0 N–H and O–H groups in total. The van der Waals surface area contributed by atoms with Crippen LogP contribution in [-0.4, -0.2) is 24.4 Å². The lowest BCUT2D eigenvalue weighted by molar-refractivity contribution is 0.354. The first-order valence-corrected chi connectivity index (χ1v) is 7.26. The van der Waals surface area contributed by atoms with Gasteiger partial charge in [0.05, 0.1) is 25.5 Å². The van der Waals surface area contributed by atoms with Crippen LogP contribution in [0.1, 0.15) is 35.5 Å². The summed E-state index contributed by atoms with van der Waals surface area (Å²) in [7, 11) is 3.23. The van der Waals surface area contributed by atoms with Crippen molar-refractivity contribution < 1.29 is 13.9 Å². The van der Waals surface area contributed by atoms with Crippen LogP contribution in [0.2, 0.25) is 0 Å². The fraction of sp³-hybridized carbons (Fsp3) is 0.429. The van der Waals surface area contributed by atoms with Crippen molar-refractivity contribution in [1.29, 1.82) is 0 Å². The average molecular weight is 341 g/mol. The van der Waals surface area contributed by atoms with E-state index in [4.69, 9.17) is 13.9 Å². The summed E-state index contributed by atoms with van der Waals surface area (Å²) in [5, 5.41) is 8.10. The van der Waals surface area contributed by atoms with Gasteiger partial charge in [0.2, 0.25) is 11.8 Å². The first kappa shape index (κ1) is 14.8. The highest BCUT2D eigenvalue weighted by Gasteiger charge is 2.14. The fourth-order valence-corrected chi connectivity index (χ4v) is 1.99. The summed E-state index contributed by atoms with van der Waals surface area (Å²) in [4.78, 5) is 0.106. The number of aromatic nitrogens is 2. The van der Waals surface area contributed by atoms with E-state index >= 15 is 0 Å². The van der Waals surface area contributed by atoms with Gasteiger partial charge in [-0.15, -0.1) is 10.2 Å². The Morgan fingerprint density at radius 3 is 2.60 bits per heavy atom. The van der Waals surface area contributed by atoms with E-state index in [1.54, 1.807) is 14.2 Å². The zero-order valence-electron chi connectivity index (χ0n) is 11.7. The van der Waals surface area contributed by atoms with Crippen LogP contribution < -0.4 is 9.47 Å². The van der Waals surface area contributed by atoms with Crippen LogP contribution in [0.15, 0.2) is 22.6 Å². The normalized spacial score (nSPS) is 12.2. The molecule has 0 spiro atoms. The summed E-state index contributed by atoms with van der Waals surface area (Å²) in [5.74, 6) is 2.60. The monoisotopic (exact) mass is 340 g/mol.